The molecule has 2 aromatic carbocycles. The van der Waals surface area contributed by atoms with Gasteiger partial charge in [0.1, 0.15) is 5.75 Å². The summed E-state index contributed by atoms with van der Waals surface area (Å²) in [5.41, 5.74) is -0.0874. The Labute approximate surface area is 118 Å². The summed E-state index contributed by atoms with van der Waals surface area (Å²) in [5.74, 6) is -3.81. The standard InChI is InChI=1S/C15H9ClF2O2/c16-10-6-7-12-11(8-10)13(19)14(17)15(18,20-12)9-4-2-1-3-5-9/h1-8,14H. The molecule has 0 N–H and O–H groups in total. The molecule has 0 aliphatic carbocycles. The SMILES string of the molecule is O=C1c2cc(Cl)ccc2OC(F)(c2ccccc2)C1F. The zero-order chi connectivity index (χ0) is 14.3. The molecule has 1 aliphatic rings. The first-order chi connectivity index (χ1) is 9.52. The van der Waals surface area contributed by atoms with Crippen LogP contribution in [-0.2, 0) is 5.85 Å². The maximum Gasteiger partial charge on any atom is 0.312 e. The average Bonchev–Trinajstić information content (AvgIpc) is 2.47. The average molecular weight is 295 g/mol. The monoisotopic (exact) mass is 294 g/mol. The number of benzene rings is 2. The minimum atomic E-state index is -2.82. The molecule has 1 heterocycles. The molecule has 2 nitrogen and oxygen atoms in total. The van der Waals surface area contributed by atoms with Gasteiger partial charge in [-0.15, -0.1) is 0 Å². The van der Waals surface area contributed by atoms with Crippen molar-refractivity contribution in [1.82, 2.24) is 0 Å². The number of halogens is 3. The first kappa shape index (κ1) is 13.1. The first-order valence-electron chi connectivity index (χ1n) is 5.93. The fourth-order valence-electron chi connectivity index (χ4n) is 2.17. The van der Waals surface area contributed by atoms with Crippen LogP contribution < -0.4 is 4.74 Å². The molecule has 0 amide bonds. The van der Waals surface area contributed by atoms with Gasteiger partial charge in [-0.3, -0.25) is 4.79 Å². The minimum Gasteiger partial charge on any atom is -0.450 e. The third-order valence-corrected chi connectivity index (χ3v) is 3.42. The summed E-state index contributed by atoms with van der Waals surface area (Å²) in [6, 6.07) is 11.6. The number of alkyl halides is 2. The van der Waals surface area contributed by atoms with E-state index in [-0.39, 0.29) is 21.9 Å². The van der Waals surface area contributed by atoms with Crippen molar-refractivity contribution >= 4 is 17.4 Å². The Hall–Kier alpha value is -1.94. The van der Waals surface area contributed by atoms with Gasteiger partial charge < -0.3 is 4.74 Å². The molecule has 0 bridgehead atoms. The van der Waals surface area contributed by atoms with Crippen molar-refractivity contribution in [3.63, 3.8) is 0 Å². The fourth-order valence-corrected chi connectivity index (χ4v) is 2.34. The topological polar surface area (TPSA) is 26.3 Å². The fraction of sp³-hybridized carbons (Fsp3) is 0.133. The smallest absolute Gasteiger partial charge is 0.312 e. The van der Waals surface area contributed by atoms with Crippen LogP contribution in [-0.4, -0.2) is 12.0 Å². The van der Waals surface area contributed by atoms with Crippen LogP contribution in [0.3, 0.4) is 0 Å². The van der Waals surface area contributed by atoms with E-state index in [1.54, 1.807) is 18.2 Å². The molecular weight excluding hydrogens is 286 g/mol. The third kappa shape index (κ3) is 1.88. The number of carbonyl (C=O) groups is 1. The van der Waals surface area contributed by atoms with Crippen molar-refractivity contribution < 1.29 is 18.3 Å². The van der Waals surface area contributed by atoms with Crippen molar-refractivity contribution in [3.8, 4) is 5.75 Å². The molecule has 2 unspecified atom stereocenters. The number of ether oxygens (including phenoxy) is 1. The molecule has 3 rings (SSSR count). The second-order valence-electron chi connectivity index (χ2n) is 4.48. The molecule has 0 saturated carbocycles. The summed E-state index contributed by atoms with van der Waals surface area (Å²) in [4.78, 5) is 12.0. The summed E-state index contributed by atoms with van der Waals surface area (Å²) in [7, 11) is 0. The summed E-state index contributed by atoms with van der Waals surface area (Å²) >= 11 is 5.75. The van der Waals surface area contributed by atoms with Crippen LogP contribution in [0.4, 0.5) is 8.78 Å². The maximum absolute atomic E-state index is 14.9. The lowest BCUT2D eigenvalue weighted by Crippen LogP contribution is -2.46. The number of carbonyl (C=O) groups excluding carboxylic acids is 1. The summed E-state index contributed by atoms with van der Waals surface area (Å²) in [6.07, 6.45) is -2.43. The lowest BCUT2D eigenvalue weighted by molar-refractivity contribution is -0.120. The van der Waals surface area contributed by atoms with Crippen molar-refractivity contribution in [2.45, 2.75) is 12.0 Å². The number of ketones is 1. The van der Waals surface area contributed by atoms with Gasteiger partial charge in [0.05, 0.1) is 5.56 Å². The van der Waals surface area contributed by atoms with E-state index in [0.717, 1.165) is 0 Å². The van der Waals surface area contributed by atoms with Gasteiger partial charge in [-0.05, 0) is 18.2 Å². The van der Waals surface area contributed by atoms with E-state index >= 15 is 0 Å². The predicted molar refractivity (Wildman–Crippen MR) is 70.5 cm³/mol. The van der Waals surface area contributed by atoms with E-state index in [1.165, 1.54) is 30.3 Å². The van der Waals surface area contributed by atoms with Gasteiger partial charge >= 0.3 is 5.85 Å². The number of rotatable bonds is 1. The lowest BCUT2D eigenvalue weighted by atomic mass is 9.92. The molecule has 0 aromatic heterocycles. The van der Waals surface area contributed by atoms with Crippen molar-refractivity contribution in [3.05, 3.63) is 64.7 Å². The molecule has 1 aliphatic heterocycles. The van der Waals surface area contributed by atoms with Crippen LogP contribution in [0.1, 0.15) is 15.9 Å². The highest BCUT2D eigenvalue weighted by molar-refractivity contribution is 6.31. The van der Waals surface area contributed by atoms with E-state index in [0.29, 0.717) is 0 Å². The Morgan fingerprint density at radius 1 is 1.15 bits per heavy atom. The van der Waals surface area contributed by atoms with Crippen LogP contribution in [0, 0.1) is 0 Å². The van der Waals surface area contributed by atoms with E-state index in [4.69, 9.17) is 16.3 Å². The molecule has 102 valence electrons. The van der Waals surface area contributed by atoms with Crippen LogP contribution >= 0.6 is 11.6 Å². The van der Waals surface area contributed by atoms with Crippen molar-refractivity contribution in [2.75, 3.05) is 0 Å². The number of hydrogen-bond donors (Lipinski definition) is 0. The Bertz CT molecular complexity index is 675. The quantitative estimate of drug-likeness (QED) is 0.792. The second kappa shape index (κ2) is 4.56. The Balaban J connectivity index is 2.13. The molecule has 0 radical (unpaired) electrons. The van der Waals surface area contributed by atoms with E-state index in [9.17, 15) is 13.6 Å². The Morgan fingerprint density at radius 2 is 1.85 bits per heavy atom. The molecule has 2 atom stereocenters. The van der Waals surface area contributed by atoms with Gasteiger partial charge in [-0.25, -0.2) is 4.39 Å². The third-order valence-electron chi connectivity index (χ3n) is 3.19. The lowest BCUT2D eigenvalue weighted by Gasteiger charge is -2.34. The van der Waals surface area contributed by atoms with Gasteiger partial charge in [0.15, 0.2) is 0 Å². The molecule has 0 fully saturated rings. The van der Waals surface area contributed by atoms with Crippen molar-refractivity contribution in [2.24, 2.45) is 0 Å². The summed E-state index contributed by atoms with van der Waals surface area (Å²) in [6.45, 7) is 0. The Kier molecular flexibility index (Phi) is 2.98. The normalized spacial score (nSPS) is 24.9. The molecular formula is C15H9ClF2O2. The highest BCUT2D eigenvalue weighted by Crippen LogP contribution is 2.43. The predicted octanol–water partition coefficient (Wildman–Crippen LogP) is 4.08. The highest BCUT2D eigenvalue weighted by atomic mass is 35.5. The van der Waals surface area contributed by atoms with Crippen LogP contribution in [0.25, 0.3) is 0 Å². The zero-order valence-electron chi connectivity index (χ0n) is 10.1. The number of hydrogen-bond acceptors (Lipinski definition) is 2. The highest BCUT2D eigenvalue weighted by Gasteiger charge is 2.52. The maximum atomic E-state index is 14.9. The molecule has 0 spiro atoms. The second-order valence-corrected chi connectivity index (χ2v) is 4.92. The minimum absolute atomic E-state index is 0.0142. The van der Waals surface area contributed by atoms with Gasteiger partial charge in [0.2, 0.25) is 12.0 Å². The molecule has 0 saturated heterocycles. The van der Waals surface area contributed by atoms with E-state index < -0.39 is 17.8 Å². The molecule has 20 heavy (non-hydrogen) atoms. The summed E-state index contributed by atoms with van der Waals surface area (Å²) < 4.78 is 34.2. The molecule has 5 heteroatoms. The van der Waals surface area contributed by atoms with E-state index in [1.807, 2.05) is 0 Å². The number of Topliss-reactive ketones (excluding diaryl/α,β-unsaturated/α-hetero) is 1. The molecule has 2 aromatic rings. The van der Waals surface area contributed by atoms with Crippen molar-refractivity contribution in [1.29, 1.82) is 0 Å². The van der Waals surface area contributed by atoms with Crippen LogP contribution in [0.2, 0.25) is 5.02 Å². The zero-order valence-corrected chi connectivity index (χ0v) is 10.9. The van der Waals surface area contributed by atoms with E-state index in [2.05, 4.69) is 0 Å². The van der Waals surface area contributed by atoms with Gasteiger partial charge in [-0.2, -0.15) is 4.39 Å². The first-order valence-corrected chi connectivity index (χ1v) is 6.31. The number of fused-ring (bicyclic) bond motifs is 1. The van der Waals surface area contributed by atoms with Crippen LogP contribution in [0.15, 0.2) is 48.5 Å². The largest absolute Gasteiger partial charge is 0.450 e. The van der Waals surface area contributed by atoms with Gasteiger partial charge in [0, 0.05) is 10.6 Å². The Morgan fingerprint density at radius 3 is 2.55 bits per heavy atom. The van der Waals surface area contributed by atoms with Crippen LogP contribution in [0.5, 0.6) is 5.75 Å². The van der Waals surface area contributed by atoms with Gasteiger partial charge in [0.25, 0.3) is 0 Å². The summed E-state index contributed by atoms with van der Waals surface area (Å²) in [5, 5.41) is 0.263. The van der Waals surface area contributed by atoms with Gasteiger partial charge in [-0.1, -0.05) is 41.9 Å².